The van der Waals surface area contributed by atoms with Crippen LogP contribution >= 0.6 is 34.5 Å². The van der Waals surface area contributed by atoms with E-state index in [0.717, 1.165) is 24.4 Å². The molecule has 2 bridgehead atoms. The van der Waals surface area contributed by atoms with Crippen LogP contribution in [-0.2, 0) is 13.0 Å². The van der Waals surface area contributed by atoms with Crippen LogP contribution in [0.2, 0.25) is 10.0 Å². The van der Waals surface area contributed by atoms with E-state index in [2.05, 4.69) is 58.1 Å². The number of rotatable bonds is 6. The van der Waals surface area contributed by atoms with E-state index in [0.29, 0.717) is 22.1 Å². The predicted octanol–water partition coefficient (Wildman–Crippen LogP) is 6.52. The van der Waals surface area contributed by atoms with Gasteiger partial charge in [-0.15, -0.1) is 11.3 Å². The highest BCUT2D eigenvalue weighted by atomic mass is 35.5. The summed E-state index contributed by atoms with van der Waals surface area (Å²) in [5, 5.41) is 7.34. The number of halogens is 2. The summed E-state index contributed by atoms with van der Waals surface area (Å²) in [6.45, 7) is 3.39. The molecule has 2 atom stereocenters. The molecule has 0 aliphatic carbocycles. The minimum atomic E-state index is 0.511. The van der Waals surface area contributed by atoms with Crippen LogP contribution in [0.1, 0.15) is 23.3 Å². The number of nitrogens with one attached hydrogen (secondary N) is 1. The maximum Gasteiger partial charge on any atom is 0.0670 e. The number of hydrogen-bond donors (Lipinski definition) is 1. The minimum absolute atomic E-state index is 0.511. The van der Waals surface area contributed by atoms with Crippen LogP contribution in [0.15, 0.2) is 60.0 Å². The summed E-state index contributed by atoms with van der Waals surface area (Å²) in [7, 11) is 0. The van der Waals surface area contributed by atoms with Gasteiger partial charge >= 0.3 is 0 Å². The Morgan fingerprint density at radius 2 is 1.73 bits per heavy atom. The lowest BCUT2D eigenvalue weighted by Crippen LogP contribution is -2.63. The van der Waals surface area contributed by atoms with E-state index in [9.17, 15) is 0 Å². The maximum absolute atomic E-state index is 6.59. The summed E-state index contributed by atoms with van der Waals surface area (Å²) >= 11 is 14.7. The fourth-order valence-corrected chi connectivity index (χ4v) is 6.30. The van der Waals surface area contributed by atoms with Crippen LogP contribution in [-0.4, -0.2) is 30.1 Å². The quantitative estimate of drug-likeness (QED) is 0.454. The Morgan fingerprint density at radius 1 is 0.933 bits per heavy atom. The molecule has 30 heavy (non-hydrogen) atoms. The molecule has 2 nitrogen and oxygen atoms in total. The summed E-state index contributed by atoms with van der Waals surface area (Å²) in [4.78, 5) is 4.11. The van der Waals surface area contributed by atoms with Crippen LogP contribution in [0.25, 0.3) is 11.1 Å². The van der Waals surface area contributed by atoms with Gasteiger partial charge in [-0.2, -0.15) is 0 Å². The normalized spacial score (nSPS) is 25.5. The highest BCUT2D eigenvalue weighted by Gasteiger charge is 2.41. The summed E-state index contributed by atoms with van der Waals surface area (Å²) in [6.07, 6.45) is 3.64. The summed E-state index contributed by atoms with van der Waals surface area (Å²) in [5.41, 5.74) is 3.57. The molecule has 3 saturated heterocycles. The second-order valence-electron chi connectivity index (χ2n) is 8.39. The third kappa shape index (κ3) is 4.06. The first-order chi connectivity index (χ1) is 14.7. The van der Waals surface area contributed by atoms with Crippen LogP contribution in [0, 0.1) is 5.92 Å². The van der Waals surface area contributed by atoms with Gasteiger partial charge in [-0.05, 0) is 66.9 Å². The fraction of sp³-hybridized carbons (Fsp3) is 0.360. The van der Waals surface area contributed by atoms with E-state index in [4.69, 9.17) is 23.2 Å². The van der Waals surface area contributed by atoms with Gasteiger partial charge in [0.2, 0.25) is 0 Å². The zero-order valence-corrected chi connectivity index (χ0v) is 19.2. The van der Waals surface area contributed by atoms with E-state index >= 15 is 0 Å². The third-order valence-electron chi connectivity index (χ3n) is 6.75. The van der Waals surface area contributed by atoms with Crippen LogP contribution in [0.5, 0.6) is 0 Å². The fourth-order valence-electron chi connectivity index (χ4n) is 5.24. The molecule has 3 fully saturated rings. The third-order valence-corrected chi connectivity index (χ3v) is 8.44. The molecule has 3 aliphatic rings. The second-order valence-corrected chi connectivity index (χ2v) is 10.2. The topological polar surface area (TPSA) is 15.3 Å². The second kappa shape index (κ2) is 9.02. The molecular formula is C25H26Cl2N2S. The molecule has 0 amide bonds. The molecule has 0 spiro atoms. The number of thiophene rings is 1. The molecule has 156 valence electrons. The Bertz CT molecular complexity index is 996. The van der Waals surface area contributed by atoms with E-state index in [-0.39, 0.29) is 0 Å². The Hall–Kier alpha value is -1.36. The molecule has 2 unspecified atom stereocenters. The maximum atomic E-state index is 6.59. The first-order valence-electron chi connectivity index (χ1n) is 10.7. The standard InChI is InChI=1S/C25H26Cl2N2S/c26-22-9-3-8-21(24(22)27)20-7-2-1-5-18(20)15-23-25(17-10-12-29(23)13-11-17)28-16-19-6-4-14-30-19/h1-9,14,17,23,25,28H,10-13,15-16H2. The first kappa shape index (κ1) is 20.5. The number of hydrogen-bond acceptors (Lipinski definition) is 3. The Morgan fingerprint density at radius 3 is 2.53 bits per heavy atom. The van der Waals surface area contributed by atoms with Crippen molar-refractivity contribution in [1.82, 2.24) is 10.2 Å². The monoisotopic (exact) mass is 456 g/mol. The number of benzene rings is 2. The van der Waals surface area contributed by atoms with Crippen molar-refractivity contribution in [2.75, 3.05) is 13.1 Å². The molecule has 3 aromatic rings. The molecule has 0 radical (unpaired) electrons. The van der Waals surface area contributed by atoms with Crippen molar-refractivity contribution in [2.45, 2.75) is 37.9 Å². The lowest BCUT2D eigenvalue weighted by atomic mass is 9.76. The zero-order valence-electron chi connectivity index (χ0n) is 16.9. The smallest absolute Gasteiger partial charge is 0.0670 e. The van der Waals surface area contributed by atoms with E-state index in [1.54, 1.807) is 0 Å². The van der Waals surface area contributed by atoms with E-state index in [1.165, 1.54) is 41.9 Å². The Balaban J connectivity index is 1.43. The molecular weight excluding hydrogens is 431 g/mol. The lowest BCUT2D eigenvalue weighted by Gasteiger charge is -2.51. The van der Waals surface area contributed by atoms with E-state index in [1.807, 2.05) is 23.5 Å². The summed E-state index contributed by atoms with van der Waals surface area (Å²) < 4.78 is 0. The van der Waals surface area contributed by atoms with Gasteiger partial charge < -0.3 is 5.32 Å². The minimum Gasteiger partial charge on any atom is -0.307 e. The van der Waals surface area contributed by atoms with Crippen molar-refractivity contribution in [3.63, 3.8) is 0 Å². The van der Waals surface area contributed by atoms with Gasteiger partial charge in [-0.1, -0.05) is 65.7 Å². The molecule has 0 saturated carbocycles. The van der Waals surface area contributed by atoms with Gasteiger partial charge in [0.05, 0.1) is 10.0 Å². The molecule has 3 aliphatic heterocycles. The summed E-state index contributed by atoms with van der Waals surface area (Å²) in [6, 6.07) is 20.0. The van der Waals surface area contributed by atoms with Crippen molar-refractivity contribution < 1.29 is 0 Å². The molecule has 2 aromatic carbocycles. The van der Waals surface area contributed by atoms with Gasteiger partial charge in [-0.3, -0.25) is 4.90 Å². The summed E-state index contributed by atoms with van der Waals surface area (Å²) in [5.74, 6) is 0.766. The number of piperidine rings is 3. The highest BCUT2D eigenvalue weighted by Crippen LogP contribution is 2.38. The van der Waals surface area contributed by atoms with Gasteiger partial charge in [0, 0.05) is 29.1 Å². The van der Waals surface area contributed by atoms with Crippen molar-refractivity contribution >= 4 is 34.5 Å². The van der Waals surface area contributed by atoms with Gasteiger partial charge in [0.1, 0.15) is 0 Å². The molecule has 6 rings (SSSR count). The van der Waals surface area contributed by atoms with Gasteiger partial charge in [0.25, 0.3) is 0 Å². The van der Waals surface area contributed by atoms with Gasteiger partial charge in [-0.25, -0.2) is 0 Å². The van der Waals surface area contributed by atoms with Crippen molar-refractivity contribution in [3.8, 4) is 11.1 Å². The first-order valence-corrected chi connectivity index (χ1v) is 12.4. The average molecular weight is 457 g/mol. The van der Waals surface area contributed by atoms with Crippen LogP contribution < -0.4 is 5.32 Å². The van der Waals surface area contributed by atoms with Crippen molar-refractivity contribution in [2.24, 2.45) is 5.92 Å². The van der Waals surface area contributed by atoms with Gasteiger partial charge in [0.15, 0.2) is 0 Å². The van der Waals surface area contributed by atoms with Crippen LogP contribution in [0.4, 0.5) is 0 Å². The molecule has 1 aromatic heterocycles. The largest absolute Gasteiger partial charge is 0.307 e. The van der Waals surface area contributed by atoms with Crippen molar-refractivity contribution in [3.05, 3.63) is 80.5 Å². The number of nitrogens with zero attached hydrogens (tertiary/aromatic N) is 1. The average Bonchev–Trinajstić information content (AvgIpc) is 3.30. The molecule has 5 heteroatoms. The SMILES string of the molecule is Clc1cccc(-c2ccccc2CC2C(NCc3cccs3)C3CCN2CC3)c1Cl. The lowest BCUT2D eigenvalue weighted by molar-refractivity contribution is 0.0128. The van der Waals surface area contributed by atoms with E-state index < -0.39 is 0 Å². The number of fused-ring (bicyclic) bond motifs is 3. The van der Waals surface area contributed by atoms with Crippen LogP contribution in [0.3, 0.4) is 0 Å². The Kier molecular flexibility index (Phi) is 6.17. The Labute approximate surface area is 192 Å². The molecule has 4 heterocycles. The zero-order chi connectivity index (χ0) is 20.5. The predicted molar refractivity (Wildman–Crippen MR) is 129 cm³/mol. The highest BCUT2D eigenvalue weighted by molar-refractivity contribution is 7.09. The molecule has 1 N–H and O–H groups in total. The van der Waals surface area contributed by atoms with Crippen molar-refractivity contribution in [1.29, 1.82) is 0 Å².